The molecular formula is C5H7NO4. The van der Waals surface area contributed by atoms with Crippen LogP contribution in [0, 0.1) is 10.1 Å². The summed E-state index contributed by atoms with van der Waals surface area (Å²) in [7, 11) is 0. The van der Waals surface area contributed by atoms with E-state index in [1.165, 1.54) is 6.92 Å². The predicted octanol–water partition coefficient (Wildman–Crippen LogP) is -0.190. The summed E-state index contributed by atoms with van der Waals surface area (Å²) in [5.41, 5.74) is -2.01. The number of carbonyl (C=O) groups is 2. The molecule has 10 heavy (non-hydrogen) atoms. The zero-order valence-corrected chi connectivity index (χ0v) is 5.44. The molecule has 0 aliphatic heterocycles. The highest BCUT2D eigenvalue weighted by Crippen LogP contribution is 2.06. The van der Waals surface area contributed by atoms with Gasteiger partial charge in [-0.1, -0.05) is 6.92 Å². The number of nitrogens with zero attached hydrogens (tertiary/aromatic N) is 1. The molecule has 0 aromatic heterocycles. The van der Waals surface area contributed by atoms with E-state index in [0.29, 0.717) is 0 Å². The van der Waals surface area contributed by atoms with E-state index < -0.39 is 10.5 Å². The second-order valence-corrected chi connectivity index (χ2v) is 1.84. The van der Waals surface area contributed by atoms with Crippen LogP contribution in [0.5, 0.6) is 0 Å². The summed E-state index contributed by atoms with van der Waals surface area (Å²) < 4.78 is 0. The van der Waals surface area contributed by atoms with Gasteiger partial charge in [0, 0.05) is 11.3 Å². The molecule has 5 nitrogen and oxygen atoms in total. The Kier molecular flexibility index (Phi) is 2.66. The number of hydrogen-bond acceptors (Lipinski definition) is 4. The van der Waals surface area contributed by atoms with Crippen molar-refractivity contribution in [2.45, 2.75) is 18.9 Å². The van der Waals surface area contributed by atoms with Crippen LogP contribution in [0.1, 0.15) is 13.3 Å². The molecule has 0 fully saturated rings. The number of aldehydes is 2. The van der Waals surface area contributed by atoms with Gasteiger partial charge in [-0.2, -0.15) is 0 Å². The molecule has 0 bridgehead atoms. The van der Waals surface area contributed by atoms with Gasteiger partial charge in [-0.15, -0.1) is 0 Å². The summed E-state index contributed by atoms with van der Waals surface area (Å²) in [6.07, 6.45) is 0.00694. The average molecular weight is 145 g/mol. The quantitative estimate of drug-likeness (QED) is 0.238. The van der Waals surface area contributed by atoms with Gasteiger partial charge in [0.2, 0.25) is 12.6 Å². The maximum atomic E-state index is 10.1. The molecule has 0 saturated carbocycles. The highest BCUT2D eigenvalue weighted by molar-refractivity contribution is 5.86. The third kappa shape index (κ3) is 1.18. The second kappa shape index (κ2) is 3.05. The third-order valence-corrected chi connectivity index (χ3v) is 1.31. The fourth-order valence-corrected chi connectivity index (χ4v) is 0.410. The largest absolute Gasteiger partial charge is 0.330 e. The summed E-state index contributed by atoms with van der Waals surface area (Å²) in [5.74, 6) is 0. The fourth-order valence-electron chi connectivity index (χ4n) is 0.410. The first-order chi connectivity index (χ1) is 4.63. The van der Waals surface area contributed by atoms with E-state index in [1.807, 2.05) is 0 Å². The molecule has 0 radical (unpaired) electrons. The van der Waals surface area contributed by atoms with Crippen molar-refractivity contribution in [1.82, 2.24) is 0 Å². The van der Waals surface area contributed by atoms with Crippen LogP contribution in [0.15, 0.2) is 0 Å². The van der Waals surface area contributed by atoms with Crippen LogP contribution < -0.4 is 0 Å². The van der Waals surface area contributed by atoms with Crippen LogP contribution in [0.2, 0.25) is 0 Å². The van der Waals surface area contributed by atoms with E-state index in [4.69, 9.17) is 0 Å². The normalized spacial score (nSPS) is 10.5. The molecule has 0 unspecified atom stereocenters. The third-order valence-electron chi connectivity index (χ3n) is 1.31. The lowest BCUT2D eigenvalue weighted by Gasteiger charge is -2.07. The smallest absolute Gasteiger partial charge is 0.295 e. The molecule has 0 aliphatic rings. The minimum absolute atomic E-state index is 0.0556. The molecule has 0 heterocycles. The van der Waals surface area contributed by atoms with Gasteiger partial charge in [0.25, 0.3) is 0 Å². The Labute approximate surface area is 57.2 Å². The van der Waals surface area contributed by atoms with Crippen LogP contribution in [-0.2, 0) is 9.59 Å². The molecule has 0 aromatic carbocycles. The minimum atomic E-state index is -2.01. The Balaban J connectivity index is 4.63. The Morgan fingerprint density at radius 1 is 1.50 bits per heavy atom. The molecular weight excluding hydrogens is 138 g/mol. The van der Waals surface area contributed by atoms with E-state index in [-0.39, 0.29) is 19.0 Å². The van der Waals surface area contributed by atoms with Gasteiger partial charge in [0.05, 0.1) is 0 Å². The predicted molar refractivity (Wildman–Crippen MR) is 32.1 cm³/mol. The monoisotopic (exact) mass is 145 g/mol. The highest BCUT2D eigenvalue weighted by atomic mass is 16.6. The number of rotatable bonds is 4. The van der Waals surface area contributed by atoms with Gasteiger partial charge in [-0.05, 0) is 0 Å². The Hall–Kier alpha value is -1.26. The van der Waals surface area contributed by atoms with Crippen LogP contribution in [0.3, 0.4) is 0 Å². The lowest BCUT2D eigenvalue weighted by Crippen LogP contribution is -2.41. The number of carbonyl (C=O) groups excluding carboxylic acids is 2. The van der Waals surface area contributed by atoms with Crippen molar-refractivity contribution in [3.8, 4) is 0 Å². The van der Waals surface area contributed by atoms with Crippen molar-refractivity contribution < 1.29 is 14.5 Å². The van der Waals surface area contributed by atoms with Crippen LogP contribution in [-0.4, -0.2) is 23.0 Å². The first-order valence-electron chi connectivity index (χ1n) is 2.70. The van der Waals surface area contributed by atoms with Gasteiger partial charge in [0.1, 0.15) is 0 Å². The van der Waals surface area contributed by atoms with Crippen LogP contribution in [0.25, 0.3) is 0 Å². The summed E-state index contributed by atoms with van der Waals surface area (Å²) >= 11 is 0. The van der Waals surface area contributed by atoms with Crippen molar-refractivity contribution >= 4 is 12.6 Å². The van der Waals surface area contributed by atoms with E-state index in [0.717, 1.165) is 0 Å². The number of hydrogen-bond donors (Lipinski definition) is 0. The molecule has 56 valence electrons. The van der Waals surface area contributed by atoms with E-state index >= 15 is 0 Å². The maximum absolute atomic E-state index is 10.1. The number of nitro groups is 1. The summed E-state index contributed by atoms with van der Waals surface area (Å²) in [6, 6.07) is 0. The first kappa shape index (κ1) is 8.74. The van der Waals surface area contributed by atoms with Crippen molar-refractivity contribution in [3.05, 3.63) is 10.1 Å². The standard InChI is InChI=1S/C5H7NO4/c1-2-5(3-7,4-8)6(9)10/h3-4H,2H2,1H3. The summed E-state index contributed by atoms with van der Waals surface area (Å²) in [6.45, 7) is 1.41. The van der Waals surface area contributed by atoms with Crippen molar-refractivity contribution in [1.29, 1.82) is 0 Å². The Bertz CT molecular complexity index is 157. The zero-order chi connectivity index (χ0) is 8.20. The fraction of sp³-hybridized carbons (Fsp3) is 0.600. The van der Waals surface area contributed by atoms with Crippen molar-refractivity contribution in [3.63, 3.8) is 0 Å². The van der Waals surface area contributed by atoms with Gasteiger partial charge in [-0.25, -0.2) is 0 Å². The van der Waals surface area contributed by atoms with Crippen molar-refractivity contribution in [2.75, 3.05) is 0 Å². The van der Waals surface area contributed by atoms with Gasteiger partial charge in [0.15, 0.2) is 0 Å². The van der Waals surface area contributed by atoms with Crippen LogP contribution >= 0.6 is 0 Å². The zero-order valence-electron chi connectivity index (χ0n) is 5.44. The summed E-state index contributed by atoms with van der Waals surface area (Å²) in [4.78, 5) is 29.3. The molecule has 5 heteroatoms. The molecule has 0 N–H and O–H groups in total. The molecule has 0 atom stereocenters. The van der Waals surface area contributed by atoms with Crippen molar-refractivity contribution in [2.24, 2.45) is 0 Å². The molecule has 0 saturated heterocycles. The Morgan fingerprint density at radius 3 is 1.90 bits per heavy atom. The van der Waals surface area contributed by atoms with E-state index in [1.54, 1.807) is 0 Å². The molecule has 0 aromatic rings. The lowest BCUT2D eigenvalue weighted by molar-refractivity contribution is -0.531. The van der Waals surface area contributed by atoms with E-state index in [9.17, 15) is 19.7 Å². The molecule has 0 spiro atoms. The van der Waals surface area contributed by atoms with Crippen LogP contribution in [0.4, 0.5) is 0 Å². The van der Waals surface area contributed by atoms with Gasteiger partial charge in [-0.3, -0.25) is 19.7 Å². The average Bonchev–Trinajstić information content (AvgIpc) is 1.92. The topological polar surface area (TPSA) is 77.3 Å². The van der Waals surface area contributed by atoms with Gasteiger partial charge < -0.3 is 0 Å². The summed E-state index contributed by atoms with van der Waals surface area (Å²) in [5, 5.41) is 10.1. The maximum Gasteiger partial charge on any atom is 0.330 e. The van der Waals surface area contributed by atoms with E-state index in [2.05, 4.69) is 0 Å². The molecule has 0 amide bonds. The lowest BCUT2D eigenvalue weighted by atomic mass is 10.0. The van der Waals surface area contributed by atoms with Gasteiger partial charge >= 0.3 is 5.54 Å². The minimum Gasteiger partial charge on any atom is -0.295 e. The molecule has 0 aliphatic carbocycles. The highest BCUT2D eigenvalue weighted by Gasteiger charge is 2.40. The second-order valence-electron chi connectivity index (χ2n) is 1.84. The molecule has 0 rings (SSSR count). The Morgan fingerprint density at radius 2 is 1.90 bits per heavy atom. The SMILES string of the molecule is CCC(C=O)(C=O)[N+](=O)[O-]. The first-order valence-corrected chi connectivity index (χ1v) is 2.70.